The molecule has 2 saturated heterocycles. The highest BCUT2D eigenvalue weighted by molar-refractivity contribution is 7.99. The van der Waals surface area contributed by atoms with Crippen LogP contribution in [0.2, 0.25) is 0 Å². The van der Waals surface area contributed by atoms with Crippen molar-refractivity contribution in [1.29, 1.82) is 0 Å². The van der Waals surface area contributed by atoms with E-state index in [0.717, 1.165) is 11.6 Å². The zero-order valence-electron chi connectivity index (χ0n) is 14.0. The van der Waals surface area contributed by atoms with Crippen molar-refractivity contribution in [2.45, 2.75) is 13.0 Å². The third kappa shape index (κ3) is 3.23. The van der Waals surface area contributed by atoms with Crippen molar-refractivity contribution < 1.29 is 14.0 Å². The average molecular weight is 360 g/mol. The largest absolute Gasteiger partial charge is 0.441 e. The fourth-order valence-corrected chi connectivity index (χ4v) is 4.20. The number of oxazole rings is 1. The molecule has 1 N–H and O–H groups in total. The summed E-state index contributed by atoms with van der Waals surface area (Å²) in [5, 5.41) is 3.21. The number of aryl methyl sites for hydroxylation is 1. The molecule has 2 fully saturated rings. The molecule has 1 aromatic carbocycles. The Bertz CT molecular complexity index is 807. The summed E-state index contributed by atoms with van der Waals surface area (Å²) in [6.45, 7) is 4.06. The van der Waals surface area contributed by atoms with Crippen molar-refractivity contribution in [3.63, 3.8) is 0 Å². The van der Waals surface area contributed by atoms with Gasteiger partial charge in [0, 0.05) is 50.3 Å². The Kier molecular flexibility index (Phi) is 4.39. The van der Waals surface area contributed by atoms with E-state index in [1.54, 1.807) is 41.8 Å². The molecule has 1 atom stereocenters. The summed E-state index contributed by atoms with van der Waals surface area (Å²) in [5.74, 6) is 2.37. The highest BCUT2D eigenvalue weighted by Gasteiger charge is 2.30. The molecule has 132 valence electrons. The molecule has 4 rings (SSSR count). The predicted molar refractivity (Wildman–Crippen MR) is 95.5 cm³/mol. The van der Waals surface area contributed by atoms with Gasteiger partial charge in [0.25, 0.3) is 5.91 Å². The number of fused-ring (bicyclic) bond motifs is 1. The SMILES string of the molecule is Cc1nc2cc(C(=O)N3CCN(C(=O)C4CSCN4)CC3)ccc2o1. The molecule has 0 aliphatic carbocycles. The molecular formula is C17H20N4O3S. The number of aromatic nitrogens is 1. The highest BCUT2D eigenvalue weighted by Crippen LogP contribution is 2.19. The molecule has 8 heteroatoms. The van der Waals surface area contributed by atoms with Crippen LogP contribution in [0.1, 0.15) is 16.2 Å². The first-order chi connectivity index (χ1) is 12.1. The lowest BCUT2D eigenvalue weighted by atomic mass is 10.1. The molecule has 3 heterocycles. The van der Waals surface area contributed by atoms with Gasteiger partial charge in [0.15, 0.2) is 11.5 Å². The van der Waals surface area contributed by atoms with Gasteiger partial charge in [-0.2, -0.15) is 0 Å². The van der Waals surface area contributed by atoms with Crippen molar-refractivity contribution in [2.24, 2.45) is 0 Å². The number of piperazine rings is 1. The first-order valence-electron chi connectivity index (χ1n) is 8.38. The van der Waals surface area contributed by atoms with E-state index in [2.05, 4.69) is 10.3 Å². The first-order valence-corrected chi connectivity index (χ1v) is 9.54. The average Bonchev–Trinajstić information content (AvgIpc) is 3.28. The number of hydrogen-bond donors (Lipinski definition) is 1. The topological polar surface area (TPSA) is 78.7 Å². The lowest BCUT2D eigenvalue weighted by Gasteiger charge is -2.35. The minimum absolute atomic E-state index is 0.0239. The van der Waals surface area contributed by atoms with Gasteiger partial charge in [-0.15, -0.1) is 11.8 Å². The number of carbonyl (C=O) groups is 2. The minimum Gasteiger partial charge on any atom is -0.441 e. The van der Waals surface area contributed by atoms with E-state index in [1.807, 2.05) is 4.90 Å². The molecule has 2 aromatic rings. The van der Waals surface area contributed by atoms with Crippen LogP contribution in [0.4, 0.5) is 0 Å². The van der Waals surface area contributed by atoms with E-state index in [0.29, 0.717) is 48.7 Å². The Labute approximate surface area is 149 Å². The Morgan fingerprint density at radius 2 is 2.00 bits per heavy atom. The molecule has 25 heavy (non-hydrogen) atoms. The van der Waals surface area contributed by atoms with Crippen molar-refractivity contribution in [2.75, 3.05) is 37.8 Å². The quantitative estimate of drug-likeness (QED) is 0.864. The predicted octanol–water partition coefficient (Wildman–Crippen LogP) is 1.08. The maximum absolute atomic E-state index is 12.7. The van der Waals surface area contributed by atoms with Crippen LogP contribution in [-0.4, -0.2) is 70.4 Å². The van der Waals surface area contributed by atoms with Gasteiger partial charge in [-0.05, 0) is 18.2 Å². The van der Waals surface area contributed by atoms with E-state index in [4.69, 9.17) is 4.42 Å². The fourth-order valence-electron chi connectivity index (χ4n) is 3.26. The Hall–Kier alpha value is -2.06. The van der Waals surface area contributed by atoms with Crippen molar-refractivity contribution in [1.82, 2.24) is 20.1 Å². The second kappa shape index (κ2) is 6.68. The Balaban J connectivity index is 1.40. The van der Waals surface area contributed by atoms with Crippen LogP contribution in [-0.2, 0) is 4.79 Å². The number of amides is 2. The van der Waals surface area contributed by atoms with Crippen LogP contribution >= 0.6 is 11.8 Å². The van der Waals surface area contributed by atoms with Crippen LogP contribution in [0, 0.1) is 6.92 Å². The number of nitrogens with one attached hydrogen (secondary N) is 1. The van der Waals surface area contributed by atoms with Gasteiger partial charge >= 0.3 is 0 Å². The van der Waals surface area contributed by atoms with Crippen molar-refractivity contribution >= 4 is 34.7 Å². The van der Waals surface area contributed by atoms with E-state index in [9.17, 15) is 9.59 Å². The summed E-state index contributed by atoms with van der Waals surface area (Å²) >= 11 is 1.74. The van der Waals surface area contributed by atoms with Gasteiger partial charge < -0.3 is 14.2 Å². The number of thioether (sulfide) groups is 1. The van der Waals surface area contributed by atoms with Crippen molar-refractivity contribution in [3.05, 3.63) is 29.7 Å². The zero-order valence-corrected chi connectivity index (χ0v) is 14.8. The maximum atomic E-state index is 12.7. The van der Waals surface area contributed by atoms with E-state index in [-0.39, 0.29) is 17.9 Å². The number of hydrogen-bond acceptors (Lipinski definition) is 6. The van der Waals surface area contributed by atoms with Crippen LogP contribution in [0.15, 0.2) is 22.6 Å². The molecule has 0 spiro atoms. The van der Waals surface area contributed by atoms with Gasteiger partial charge in [0.2, 0.25) is 5.91 Å². The van der Waals surface area contributed by atoms with E-state index >= 15 is 0 Å². The monoisotopic (exact) mass is 360 g/mol. The minimum atomic E-state index is -0.0786. The smallest absolute Gasteiger partial charge is 0.254 e. The lowest BCUT2D eigenvalue weighted by molar-refractivity contribution is -0.134. The Morgan fingerprint density at radius 1 is 1.24 bits per heavy atom. The molecule has 2 aliphatic heterocycles. The summed E-state index contributed by atoms with van der Waals surface area (Å²) in [7, 11) is 0. The molecule has 0 radical (unpaired) electrons. The Morgan fingerprint density at radius 3 is 2.72 bits per heavy atom. The lowest BCUT2D eigenvalue weighted by Crippen LogP contribution is -2.54. The standard InChI is InChI=1S/C17H20N4O3S/c1-11-19-13-8-12(2-3-15(13)24-11)16(22)20-4-6-21(7-5-20)17(23)14-9-25-10-18-14/h2-3,8,14,18H,4-7,9-10H2,1H3. The molecule has 2 amide bonds. The first kappa shape index (κ1) is 16.4. The number of benzene rings is 1. The molecule has 2 aliphatic rings. The second-order valence-corrected chi connectivity index (χ2v) is 7.33. The highest BCUT2D eigenvalue weighted by atomic mass is 32.2. The number of carbonyl (C=O) groups excluding carboxylic acids is 2. The summed E-state index contributed by atoms with van der Waals surface area (Å²) in [6.07, 6.45) is 0. The van der Waals surface area contributed by atoms with Crippen LogP contribution in [0.5, 0.6) is 0 Å². The molecular weight excluding hydrogens is 340 g/mol. The zero-order chi connectivity index (χ0) is 17.4. The van der Waals surface area contributed by atoms with Gasteiger partial charge in [-0.1, -0.05) is 0 Å². The van der Waals surface area contributed by atoms with Gasteiger partial charge in [0.05, 0.1) is 6.04 Å². The van der Waals surface area contributed by atoms with E-state index < -0.39 is 0 Å². The molecule has 7 nitrogen and oxygen atoms in total. The molecule has 1 unspecified atom stereocenters. The third-order valence-corrected chi connectivity index (χ3v) is 5.57. The summed E-state index contributed by atoms with van der Waals surface area (Å²) < 4.78 is 5.45. The third-order valence-electron chi connectivity index (χ3n) is 4.63. The fraction of sp³-hybridized carbons (Fsp3) is 0.471. The van der Waals surface area contributed by atoms with Crippen molar-refractivity contribution in [3.8, 4) is 0 Å². The van der Waals surface area contributed by atoms with Gasteiger partial charge in [-0.25, -0.2) is 4.98 Å². The second-order valence-electron chi connectivity index (χ2n) is 6.30. The van der Waals surface area contributed by atoms with E-state index in [1.165, 1.54) is 0 Å². The summed E-state index contributed by atoms with van der Waals surface area (Å²) in [6, 6.07) is 5.24. The maximum Gasteiger partial charge on any atom is 0.254 e. The molecule has 1 aromatic heterocycles. The summed E-state index contributed by atoms with van der Waals surface area (Å²) in [5.41, 5.74) is 1.99. The van der Waals surface area contributed by atoms with Crippen LogP contribution < -0.4 is 5.32 Å². The summed E-state index contributed by atoms with van der Waals surface area (Å²) in [4.78, 5) is 33.1. The molecule has 0 bridgehead atoms. The van der Waals surface area contributed by atoms with Crippen LogP contribution in [0.25, 0.3) is 11.1 Å². The number of rotatable bonds is 2. The van der Waals surface area contributed by atoms with Gasteiger partial charge in [-0.3, -0.25) is 14.9 Å². The molecule has 0 saturated carbocycles. The normalized spacial score (nSPS) is 21.1. The van der Waals surface area contributed by atoms with Gasteiger partial charge in [0.1, 0.15) is 5.52 Å². The van der Waals surface area contributed by atoms with Crippen LogP contribution in [0.3, 0.4) is 0 Å². The number of nitrogens with zero attached hydrogens (tertiary/aromatic N) is 3.